The molecule has 2 aromatic rings. The van der Waals surface area contributed by atoms with Crippen molar-refractivity contribution in [3.05, 3.63) is 52.1 Å². The van der Waals surface area contributed by atoms with Crippen molar-refractivity contribution in [3.8, 4) is 16.9 Å². The van der Waals surface area contributed by atoms with Crippen LogP contribution in [0, 0.1) is 3.57 Å². The Morgan fingerprint density at radius 3 is 2.40 bits per heavy atom. The van der Waals surface area contributed by atoms with Crippen molar-refractivity contribution in [2.24, 2.45) is 0 Å². The van der Waals surface area contributed by atoms with Crippen molar-refractivity contribution in [1.29, 1.82) is 0 Å². The molecule has 0 aliphatic rings. The van der Waals surface area contributed by atoms with Crippen LogP contribution in [0.2, 0.25) is 0 Å². The van der Waals surface area contributed by atoms with Gasteiger partial charge in [0.05, 0.1) is 7.11 Å². The molecule has 0 saturated heterocycles. The highest BCUT2D eigenvalue weighted by molar-refractivity contribution is 14.1. The van der Waals surface area contributed by atoms with Gasteiger partial charge in [-0.1, -0.05) is 30.3 Å². The number of hydrogen-bond donors (Lipinski definition) is 0. The third kappa shape index (κ3) is 2.31. The van der Waals surface area contributed by atoms with Crippen molar-refractivity contribution in [2.45, 2.75) is 0 Å². The summed E-state index contributed by atoms with van der Waals surface area (Å²) >= 11 is 2.31. The highest BCUT2D eigenvalue weighted by Crippen LogP contribution is 2.30. The molecule has 0 fully saturated rings. The molecule has 0 aliphatic heterocycles. The molecule has 0 N–H and O–H groups in total. The van der Waals surface area contributed by atoms with Crippen molar-refractivity contribution < 1.29 is 4.74 Å². The van der Waals surface area contributed by atoms with Gasteiger partial charge in [0.25, 0.3) is 0 Å². The molecular weight excluding hydrogens is 299 g/mol. The van der Waals surface area contributed by atoms with Gasteiger partial charge in [-0.3, -0.25) is 0 Å². The minimum atomic E-state index is 0.918. The smallest absolute Gasteiger partial charge is 0.126 e. The zero-order valence-corrected chi connectivity index (χ0v) is 10.6. The van der Waals surface area contributed by atoms with Gasteiger partial charge in [-0.25, -0.2) is 0 Å². The van der Waals surface area contributed by atoms with Crippen LogP contribution < -0.4 is 4.74 Å². The van der Waals surface area contributed by atoms with E-state index in [-0.39, 0.29) is 0 Å². The fourth-order valence-corrected chi connectivity index (χ4v) is 2.01. The molecule has 1 nitrogen and oxygen atoms in total. The van der Waals surface area contributed by atoms with Gasteiger partial charge >= 0.3 is 0 Å². The maximum Gasteiger partial charge on any atom is 0.126 e. The van der Waals surface area contributed by atoms with E-state index in [1.54, 1.807) is 7.11 Å². The quantitative estimate of drug-likeness (QED) is 0.763. The summed E-state index contributed by atoms with van der Waals surface area (Å²) in [7, 11) is 1.70. The first-order chi connectivity index (χ1) is 7.31. The zero-order chi connectivity index (χ0) is 10.7. The second-order valence-corrected chi connectivity index (χ2v) is 4.46. The summed E-state index contributed by atoms with van der Waals surface area (Å²) in [6.45, 7) is 0. The van der Waals surface area contributed by atoms with Crippen LogP contribution in [0.4, 0.5) is 0 Å². The third-order valence-corrected chi connectivity index (χ3v) is 2.92. The lowest BCUT2D eigenvalue weighted by molar-refractivity contribution is 0.416. The number of methoxy groups -OCH3 is 1. The SMILES string of the molecule is COc1ccc(I)cc1-c1ccccc1. The fraction of sp³-hybridized carbons (Fsp3) is 0.0769. The van der Waals surface area contributed by atoms with Crippen LogP contribution in [0.3, 0.4) is 0 Å². The number of rotatable bonds is 2. The minimum absolute atomic E-state index is 0.918. The van der Waals surface area contributed by atoms with Crippen LogP contribution in [0.25, 0.3) is 11.1 Å². The Morgan fingerprint density at radius 1 is 1.00 bits per heavy atom. The molecule has 0 spiro atoms. The van der Waals surface area contributed by atoms with Gasteiger partial charge in [0.1, 0.15) is 5.75 Å². The molecule has 2 heteroatoms. The molecule has 0 radical (unpaired) electrons. The number of benzene rings is 2. The molecule has 0 atom stereocenters. The van der Waals surface area contributed by atoms with E-state index in [0.29, 0.717) is 0 Å². The average Bonchev–Trinajstić information content (AvgIpc) is 2.30. The molecule has 0 unspecified atom stereocenters. The highest BCUT2D eigenvalue weighted by Gasteiger charge is 2.05. The summed E-state index contributed by atoms with van der Waals surface area (Å²) in [6, 6.07) is 16.5. The predicted octanol–water partition coefficient (Wildman–Crippen LogP) is 3.97. The molecular formula is C13H11IO. The maximum absolute atomic E-state index is 5.35. The molecule has 0 bridgehead atoms. The Hall–Kier alpha value is -1.03. The maximum atomic E-state index is 5.35. The van der Waals surface area contributed by atoms with E-state index in [1.165, 1.54) is 9.13 Å². The van der Waals surface area contributed by atoms with E-state index in [9.17, 15) is 0 Å². The Morgan fingerprint density at radius 2 is 1.73 bits per heavy atom. The Balaban J connectivity index is 2.56. The lowest BCUT2D eigenvalue weighted by atomic mass is 10.1. The molecule has 0 heterocycles. The van der Waals surface area contributed by atoms with E-state index in [1.807, 2.05) is 30.3 Å². The van der Waals surface area contributed by atoms with E-state index in [2.05, 4.69) is 40.8 Å². The van der Waals surface area contributed by atoms with Crippen LogP contribution in [0.1, 0.15) is 0 Å². The van der Waals surface area contributed by atoms with Gasteiger partial charge in [0.2, 0.25) is 0 Å². The first kappa shape index (κ1) is 10.5. The van der Waals surface area contributed by atoms with Gasteiger partial charge in [-0.05, 0) is 46.4 Å². The Labute approximate surface area is 103 Å². The molecule has 0 amide bonds. The molecule has 0 saturated carbocycles. The van der Waals surface area contributed by atoms with Crippen molar-refractivity contribution in [2.75, 3.05) is 7.11 Å². The standard InChI is InChI=1S/C13H11IO/c1-15-13-8-7-11(14)9-12(13)10-5-3-2-4-6-10/h2-9H,1H3. The van der Waals surface area contributed by atoms with Crippen LogP contribution in [-0.4, -0.2) is 7.11 Å². The van der Waals surface area contributed by atoms with Crippen molar-refractivity contribution >= 4 is 22.6 Å². The minimum Gasteiger partial charge on any atom is -0.496 e. The third-order valence-electron chi connectivity index (χ3n) is 2.25. The summed E-state index contributed by atoms with van der Waals surface area (Å²) in [5.41, 5.74) is 2.33. The van der Waals surface area contributed by atoms with E-state index in [4.69, 9.17) is 4.74 Å². The first-order valence-electron chi connectivity index (χ1n) is 4.70. The molecule has 2 rings (SSSR count). The van der Waals surface area contributed by atoms with Crippen LogP contribution in [0.5, 0.6) is 5.75 Å². The summed E-state index contributed by atoms with van der Waals surface area (Å²) in [6.07, 6.45) is 0. The van der Waals surface area contributed by atoms with Gasteiger partial charge in [0.15, 0.2) is 0 Å². The number of ether oxygens (including phenoxy) is 1. The Kier molecular flexibility index (Phi) is 3.26. The summed E-state index contributed by atoms with van der Waals surface area (Å²) in [5.74, 6) is 0.918. The molecule has 0 aliphatic carbocycles. The van der Waals surface area contributed by atoms with Gasteiger partial charge in [-0.2, -0.15) is 0 Å². The second-order valence-electron chi connectivity index (χ2n) is 3.21. The van der Waals surface area contributed by atoms with E-state index >= 15 is 0 Å². The normalized spacial score (nSPS) is 10.0. The van der Waals surface area contributed by atoms with Crippen LogP contribution in [-0.2, 0) is 0 Å². The van der Waals surface area contributed by atoms with Gasteiger partial charge in [0, 0.05) is 9.13 Å². The van der Waals surface area contributed by atoms with Crippen LogP contribution in [0.15, 0.2) is 48.5 Å². The lowest BCUT2D eigenvalue weighted by Gasteiger charge is -2.08. The second kappa shape index (κ2) is 4.66. The number of halogens is 1. The van der Waals surface area contributed by atoms with Crippen molar-refractivity contribution in [3.63, 3.8) is 0 Å². The van der Waals surface area contributed by atoms with Gasteiger partial charge < -0.3 is 4.74 Å². The van der Waals surface area contributed by atoms with Gasteiger partial charge in [-0.15, -0.1) is 0 Å². The first-order valence-corrected chi connectivity index (χ1v) is 5.78. The van der Waals surface area contributed by atoms with E-state index in [0.717, 1.165) is 11.3 Å². The molecule has 76 valence electrons. The lowest BCUT2D eigenvalue weighted by Crippen LogP contribution is -1.88. The summed E-state index contributed by atoms with van der Waals surface area (Å²) < 4.78 is 6.57. The average molecular weight is 310 g/mol. The molecule has 15 heavy (non-hydrogen) atoms. The van der Waals surface area contributed by atoms with Crippen molar-refractivity contribution in [1.82, 2.24) is 0 Å². The van der Waals surface area contributed by atoms with E-state index < -0.39 is 0 Å². The summed E-state index contributed by atoms with van der Waals surface area (Å²) in [4.78, 5) is 0. The summed E-state index contributed by atoms with van der Waals surface area (Å²) in [5, 5.41) is 0. The molecule has 0 aromatic heterocycles. The zero-order valence-electron chi connectivity index (χ0n) is 8.41. The Bertz CT molecular complexity index is 451. The predicted molar refractivity (Wildman–Crippen MR) is 71.1 cm³/mol. The monoisotopic (exact) mass is 310 g/mol. The highest BCUT2D eigenvalue weighted by atomic mass is 127. The molecule has 2 aromatic carbocycles. The fourth-order valence-electron chi connectivity index (χ4n) is 1.52. The number of hydrogen-bond acceptors (Lipinski definition) is 1. The van der Waals surface area contributed by atoms with Crippen LogP contribution >= 0.6 is 22.6 Å². The largest absolute Gasteiger partial charge is 0.496 e. The topological polar surface area (TPSA) is 9.23 Å².